The first-order valence-corrected chi connectivity index (χ1v) is 10.2. The summed E-state index contributed by atoms with van der Waals surface area (Å²) in [5, 5.41) is 10.3. The minimum Gasteiger partial charge on any atom is -0.496 e. The average Bonchev–Trinajstić information content (AvgIpc) is 2.71. The van der Waals surface area contributed by atoms with E-state index in [9.17, 15) is 19.5 Å². The zero-order valence-corrected chi connectivity index (χ0v) is 19.3. The second kappa shape index (κ2) is 10.3. The van der Waals surface area contributed by atoms with Crippen LogP contribution < -0.4 is 4.74 Å². The molecule has 2 aromatic carbocycles. The van der Waals surface area contributed by atoms with Gasteiger partial charge in [0.15, 0.2) is 0 Å². The SMILES string of the molecule is COc1ccc(Cl)cc1C=C(C(=O)O)C(C)N(C(=O)OC(C)(C)C)C(=O)c1ccccc1. The number of aliphatic carboxylic acids is 1. The van der Waals surface area contributed by atoms with E-state index in [2.05, 4.69) is 0 Å². The molecule has 0 bridgehead atoms. The molecule has 0 aromatic heterocycles. The lowest BCUT2D eigenvalue weighted by molar-refractivity contribution is -0.133. The number of ether oxygens (including phenoxy) is 2. The molecule has 0 aliphatic carbocycles. The molecule has 0 saturated carbocycles. The summed E-state index contributed by atoms with van der Waals surface area (Å²) in [6.45, 7) is 6.42. The van der Waals surface area contributed by atoms with Crippen LogP contribution in [0, 0.1) is 0 Å². The number of carbonyl (C=O) groups is 3. The Hall–Kier alpha value is -3.32. The van der Waals surface area contributed by atoms with Gasteiger partial charge in [0.2, 0.25) is 0 Å². The molecule has 0 aliphatic heterocycles. The highest BCUT2D eigenvalue weighted by molar-refractivity contribution is 6.30. The van der Waals surface area contributed by atoms with Crippen molar-refractivity contribution in [3.05, 3.63) is 70.3 Å². The molecule has 0 aliphatic rings. The van der Waals surface area contributed by atoms with Crippen LogP contribution >= 0.6 is 11.6 Å². The van der Waals surface area contributed by atoms with Crippen molar-refractivity contribution in [3.8, 4) is 5.75 Å². The summed E-state index contributed by atoms with van der Waals surface area (Å²) in [6.07, 6.45) is 0.372. The fraction of sp³-hybridized carbons (Fsp3) is 0.292. The second-order valence-corrected chi connectivity index (χ2v) is 8.43. The summed E-state index contributed by atoms with van der Waals surface area (Å²) >= 11 is 6.06. The number of methoxy groups -OCH3 is 1. The number of hydrogen-bond acceptors (Lipinski definition) is 5. The van der Waals surface area contributed by atoms with Crippen LogP contribution in [0.4, 0.5) is 4.79 Å². The summed E-state index contributed by atoms with van der Waals surface area (Å²) in [7, 11) is 1.44. The highest BCUT2D eigenvalue weighted by atomic mass is 35.5. The Bertz CT molecular complexity index is 1030. The van der Waals surface area contributed by atoms with Gasteiger partial charge in [-0.25, -0.2) is 14.5 Å². The zero-order valence-electron chi connectivity index (χ0n) is 18.6. The van der Waals surface area contributed by atoms with Crippen LogP contribution in [0.5, 0.6) is 5.75 Å². The molecule has 2 rings (SSSR count). The lowest BCUT2D eigenvalue weighted by Crippen LogP contribution is -2.47. The molecular weight excluding hydrogens is 434 g/mol. The van der Waals surface area contributed by atoms with Gasteiger partial charge in [0.05, 0.1) is 18.7 Å². The summed E-state index contributed by atoms with van der Waals surface area (Å²) in [5.74, 6) is -1.61. The average molecular weight is 460 g/mol. The number of carbonyl (C=O) groups excluding carboxylic acids is 2. The summed E-state index contributed by atoms with van der Waals surface area (Å²) in [6, 6.07) is 11.7. The molecule has 1 atom stereocenters. The number of nitrogens with zero attached hydrogens (tertiary/aromatic N) is 1. The topological polar surface area (TPSA) is 93.1 Å². The van der Waals surface area contributed by atoms with E-state index in [-0.39, 0.29) is 11.1 Å². The first-order chi connectivity index (χ1) is 14.9. The fourth-order valence-electron chi connectivity index (χ4n) is 2.93. The van der Waals surface area contributed by atoms with Crippen molar-refractivity contribution < 1.29 is 29.0 Å². The van der Waals surface area contributed by atoms with Gasteiger partial charge in [-0.2, -0.15) is 0 Å². The van der Waals surface area contributed by atoms with Gasteiger partial charge in [-0.3, -0.25) is 4.79 Å². The number of halogens is 1. The third kappa shape index (κ3) is 6.34. The van der Waals surface area contributed by atoms with Gasteiger partial charge in [-0.15, -0.1) is 0 Å². The molecule has 0 spiro atoms. The van der Waals surface area contributed by atoms with E-state index >= 15 is 0 Å². The maximum absolute atomic E-state index is 13.2. The third-order valence-corrected chi connectivity index (χ3v) is 4.65. The van der Waals surface area contributed by atoms with Crippen LogP contribution in [-0.4, -0.2) is 46.7 Å². The van der Waals surface area contributed by atoms with Crippen molar-refractivity contribution in [1.29, 1.82) is 0 Å². The number of imide groups is 1. The van der Waals surface area contributed by atoms with Crippen LogP contribution in [0.25, 0.3) is 6.08 Å². The Morgan fingerprint density at radius 1 is 1.09 bits per heavy atom. The number of carboxylic acid groups (broad SMARTS) is 1. The van der Waals surface area contributed by atoms with Crippen LogP contribution in [-0.2, 0) is 9.53 Å². The number of carboxylic acids is 1. The van der Waals surface area contributed by atoms with Gasteiger partial charge >= 0.3 is 12.1 Å². The van der Waals surface area contributed by atoms with Gasteiger partial charge in [0, 0.05) is 16.1 Å². The van der Waals surface area contributed by atoms with Gasteiger partial charge < -0.3 is 14.6 Å². The Balaban J connectivity index is 2.59. The normalized spacial score (nSPS) is 12.6. The minimum absolute atomic E-state index is 0.218. The van der Waals surface area contributed by atoms with Gasteiger partial charge in [0.1, 0.15) is 11.4 Å². The largest absolute Gasteiger partial charge is 0.496 e. The smallest absolute Gasteiger partial charge is 0.417 e. The second-order valence-electron chi connectivity index (χ2n) is 7.99. The quantitative estimate of drug-likeness (QED) is 0.590. The van der Waals surface area contributed by atoms with Crippen LogP contribution in [0.2, 0.25) is 5.02 Å². The molecule has 170 valence electrons. The molecule has 8 heteroatoms. The van der Waals surface area contributed by atoms with E-state index in [1.807, 2.05) is 0 Å². The standard InChI is InChI=1S/C24H26ClNO6/c1-15(19(22(28)29)14-17-13-18(25)11-12-20(17)31-5)26(23(30)32-24(2,3)4)21(27)16-9-7-6-8-10-16/h6-15H,1-5H3,(H,28,29). The van der Waals surface area contributed by atoms with Crippen molar-refractivity contribution in [3.63, 3.8) is 0 Å². The first kappa shape index (κ1) is 24.9. The zero-order chi connectivity index (χ0) is 24.1. The molecule has 32 heavy (non-hydrogen) atoms. The highest BCUT2D eigenvalue weighted by Crippen LogP contribution is 2.27. The summed E-state index contributed by atoms with van der Waals surface area (Å²) < 4.78 is 10.7. The number of amides is 2. The van der Waals surface area contributed by atoms with Crippen molar-refractivity contribution in [1.82, 2.24) is 4.90 Å². The van der Waals surface area contributed by atoms with Crippen LogP contribution in [0.1, 0.15) is 43.6 Å². The predicted molar refractivity (Wildman–Crippen MR) is 122 cm³/mol. The molecule has 0 fully saturated rings. The van der Waals surface area contributed by atoms with E-state index in [0.717, 1.165) is 4.90 Å². The Labute approximate surface area is 192 Å². The van der Waals surface area contributed by atoms with Crippen molar-refractivity contribution >= 4 is 35.6 Å². The molecule has 0 radical (unpaired) electrons. The lowest BCUT2D eigenvalue weighted by Gasteiger charge is -2.30. The molecule has 2 amide bonds. The number of rotatable bonds is 6. The van der Waals surface area contributed by atoms with Crippen LogP contribution in [0.15, 0.2) is 54.1 Å². The number of benzene rings is 2. The molecule has 0 heterocycles. The van der Waals surface area contributed by atoms with E-state index in [1.54, 1.807) is 51.1 Å². The first-order valence-electron chi connectivity index (χ1n) is 9.84. The summed E-state index contributed by atoms with van der Waals surface area (Å²) in [4.78, 5) is 39.2. The van der Waals surface area contributed by atoms with E-state index in [1.165, 1.54) is 38.3 Å². The molecule has 7 nitrogen and oxygen atoms in total. The maximum atomic E-state index is 13.2. The highest BCUT2D eigenvalue weighted by Gasteiger charge is 2.35. The monoisotopic (exact) mass is 459 g/mol. The molecule has 0 saturated heterocycles. The Morgan fingerprint density at radius 3 is 2.25 bits per heavy atom. The Kier molecular flexibility index (Phi) is 8.05. The lowest BCUT2D eigenvalue weighted by atomic mass is 10.0. The van der Waals surface area contributed by atoms with E-state index in [4.69, 9.17) is 21.1 Å². The summed E-state index contributed by atoms with van der Waals surface area (Å²) in [5.41, 5.74) is -0.508. The van der Waals surface area contributed by atoms with Gasteiger partial charge in [-0.05, 0) is 64.1 Å². The molecule has 2 aromatic rings. The third-order valence-electron chi connectivity index (χ3n) is 4.42. The van der Waals surface area contributed by atoms with Crippen molar-refractivity contribution in [2.75, 3.05) is 7.11 Å². The number of hydrogen-bond donors (Lipinski definition) is 1. The fourth-order valence-corrected chi connectivity index (χ4v) is 3.11. The van der Waals surface area contributed by atoms with Gasteiger partial charge in [0.25, 0.3) is 5.91 Å². The Morgan fingerprint density at radius 2 is 1.72 bits per heavy atom. The van der Waals surface area contributed by atoms with Gasteiger partial charge in [-0.1, -0.05) is 29.8 Å². The van der Waals surface area contributed by atoms with Crippen LogP contribution in [0.3, 0.4) is 0 Å². The predicted octanol–water partition coefficient (Wildman–Crippen LogP) is 5.28. The van der Waals surface area contributed by atoms with Crippen molar-refractivity contribution in [2.45, 2.75) is 39.3 Å². The van der Waals surface area contributed by atoms with E-state index < -0.39 is 29.6 Å². The van der Waals surface area contributed by atoms with E-state index in [0.29, 0.717) is 16.3 Å². The minimum atomic E-state index is -1.31. The molecule has 1 unspecified atom stereocenters. The maximum Gasteiger partial charge on any atom is 0.417 e. The molecule has 1 N–H and O–H groups in total. The molecular formula is C24H26ClNO6. The van der Waals surface area contributed by atoms with Crippen molar-refractivity contribution in [2.24, 2.45) is 0 Å².